The zero-order valence-electron chi connectivity index (χ0n) is 61.5. The van der Waals surface area contributed by atoms with Crippen LogP contribution >= 0.6 is 15.6 Å². The molecule has 0 aliphatic rings. The Morgan fingerprint density at radius 2 is 0.621 bits per heavy atom. The van der Waals surface area contributed by atoms with Crippen LogP contribution in [-0.4, -0.2) is 96.7 Å². The van der Waals surface area contributed by atoms with Crippen molar-refractivity contribution in [2.24, 2.45) is 11.8 Å². The molecule has 0 aliphatic carbocycles. The predicted octanol–water partition coefficient (Wildman–Crippen LogP) is 21.9. The van der Waals surface area contributed by atoms with Gasteiger partial charge in [0.1, 0.15) is 19.3 Å². The topological polar surface area (TPSA) is 237 Å². The molecular formula is C76H144O17P2. The van der Waals surface area contributed by atoms with E-state index in [1.165, 1.54) is 173 Å². The van der Waals surface area contributed by atoms with Crippen LogP contribution in [0, 0.1) is 11.8 Å². The summed E-state index contributed by atoms with van der Waals surface area (Å²) in [5.74, 6) is -0.596. The summed E-state index contributed by atoms with van der Waals surface area (Å²) in [4.78, 5) is 72.8. The molecular weight excluding hydrogens is 1250 g/mol. The van der Waals surface area contributed by atoms with Gasteiger partial charge in [0.05, 0.1) is 26.4 Å². The number of allylic oxidation sites excluding steroid dienone is 4. The molecule has 0 spiro atoms. The number of ether oxygens (including phenoxy) is 4. The van der Waals surface area contributed by atoms with Gasteiger partial charge >= 0.3 is 39.5 Å². The first-order chi connectivity index (χ1) is 45.9. The van der Waals surface area contributed by atoms with Crippen molar-refractivity contribution in [2.75, 3.05) is 39.6 Å². The van der Waals surface area contributed by atoms with Crippen LogP contribution < -0.4 is 0 Å². The van der Waals surface area contributed by atoms with Crippen molar-refractivity contribution in [3.05, 3.63) is 24.3 Å². The van der Waals surface area contributed by atoms with Gasteiger partial charge in [-0.25, -0.2) is 9.13 Å². The predicted molar refractivity (Wildman–Crippen MR) is 386 cm³/mol. The van der Waals surface area contributed by atoms with E-state index in [1.54, 1.807) is 0 Å². The Morgan fingerprint density at radius 1 is 0.347 bits per heavy atom. The number of rotatable bonds is 73. The lowest BCUT2D eigenvalue weighted by atomic mass is 9.99. The van der Waals surface area contributed by atoms with Gasteiger partial charge in [0.2, 0.25) is 0 Å². The number of phosphoric acid groups is 2. The molecule has 0 rings (SSSR count). The highest BCUT2D eigenvalue weighted by molar-refractivity contribution is 7.47. The van der Waals surface area contributed by atoms with Crippen LogP contribution in [0.25, 0.3) is 0 Å². The summed E-state index contributed by atoms with van der Waals surface area (Å²) in [6, 6.07) is 0. The van der Waals surface area contributed by atoms with Gasteiger partial charge in [-0.15, -0.1) is 0 Å². The Kier molecular flexibility index (Phi) is 65.6. The van der Waals surface area contributed by atoms with Crippen LogP contribution in [0.15, 0.2) is 24.3 Å². The molecule has 0 fully saturated rings. The number of unbranched alkanes of at least 4 members (excludes halogenated alkanes) is 39. The average Bonchev–Trinajstić information content (AvgIpc) is 1.71. The summed E-state index contributed by atoms with van der Waals surface area (Å²) in [7, 11) is -9.93. The van der Waals surface area contributed by atoms with Gasteiger partial charge in [-0.3, -0.25) is 37.3 Å². The number of carbonyl (C=O) groups excluding carboxylic acids is 4. The fourth-order valence-electron chi connectivity index (χ4n) is 11.1. The monoisotopic (exact) mass is 1390 g/mol. The number of hydrogen-bond donors (Lipinski definition) is 3. The van der Waals surface area contributed by atoms with Crippen LogP contribution in [0.1, 0.15) is 369 Å². The molecule has 3 N–H and O–H groups in total. The van der Waals surface area contributed by atoms with Gasteiger partial charge in [-0.1, -0.05) is 316 Å². The van der Waals surface area contributed by atoms with Crippen LogP contribution in [0.2, 0.25) is 0 Å². The van der Waals surface area contributed by atoms with Crippen molar-refractivity contribution in [2.45, 2.75) is 387 Å². The minimum absolute atomic E-state index is 0.0849. The number of esters is 4. The average molecular weight is 1390 g/mol. The van der Waals surface area contributed by atoms with Gasteiger partial charge in [0, 0.05) is 25.7 Å². The third kappa shape index (κ3) is 68.5. The lowest BCUT2D eigenvalue weighted by molar-refractivity contribution is -0.161. The first kappa shape index (κ1) is 92.5. The van der Waals surface area contributed by atoms with Crippen molar-refractivity contribution >= 4 is 39.5 Å². The van der Waals surface area contributed by atoms with E-state index in [9.17, 15) is 43.2 Å². The fourth-order valence-corrected chi connectivity index (χ4v) is 12.7. The molecule has 0 saturated heterocycles. The second-order valence-corrected chi connectivity index (χ2v) is 30.3. The molecule has 0 aromatic carbocycles. The summed E-state index contributed by atoms with van der Waals surface area (Å²) in [5.41, 5.74) is 0. The molecule has 3 unspecified atom stereocenters. The van der Waals surface area contributed by atoms with E-state index in [0.717, 1.165) is 115 Å². The second kappa shape index (κ2) is 67.4. The fraction of sp³-hybridized carbons (Fsp3) is 0.895. The van der Waals surface area contributed by atoms with Gasteiger partial charge < -0.3 is 33.8 Å². The van der Waals surface area contributed by atoms with Crippen molar-refractivity contribution < 1.29 is 80.2 Å². The molecule has 0 radical (unpaired) electrons. The molecule has 0 bridgehead atoms. The molecule has 0 aliphatic heterocycles. The van der Waals surface area contributed by atoms with Gasteiger partial charge in [0.25, 0.3) is 0 Å². The molecule has 6 atom stereocenters. The number of aliphatic hydroxyl groups is 1. The van der Waals surface area contributed by atoms with Gasteiger partial charge in [-0.2, -0.15) is 0 Å². The lowest BCUT2D eigenvalue weighted by Gasteiger charge is -2.21. The Balaban J connectivity index is 5.31. The van der Waals surface area contributed by atoms with E-state index in [4.69, 9.17) is 37.0 Å². The minimum Gasteiger partial charge on any atom is -0.462 e. The summed E-state index contributed by atoms with van der Waals surface area (Å²) in [5, 5.41) is 10.6. The van der Waals surface area contributed by atoms with E-state index in [1.807, 2.05) is 0 Å². The molecule has 0 heterocycles. The third-order valence-electron chi connectivity index (χ3n) is 17.4. The molecule has 0 saturated carbocycles. The Morgan fingerprint density at radius 3 is 0.947 bits per heavy atom. The molecule has 19 heteroatoms. The smallest absolute Gasteiger partial charge is 0.462 e. The van der Waals surface area contributed by atoms with E-state index in [0.29, 0.717) is 25.7 Å². The highest BCUT2D eigenvalue weighted by Crippen LogP contribution is 2.45. The molecule has 0 aromatic heterocycles. The summed E-state index contributed by atoms with van der Waals surface area (Å²) < 4.78 is 68.5. The maximum absolute atomic E-state index is 13.1. The summed E-state index contributed by atoms with van der Waals surface area (Å²) in [6.45, 7) is 9.54. The van der Waals surface area contributed by atoms with Crippen LogP contribution in [0.4, 0.5) is 0 Å². The largest absolute Gasteiger partial charge is 0.472 e. The number of aliphatic hydroxyl groups excluding tert-OH is 1. The number of carbonyl (C=O) groups is 4. The Hall–Kier alpha value is -2.46. The summed E-state index contributed by atoms with van der Waals surface area (Å²) >= 11 is 0. The molecule has 560 valence electrons. The van der Waals surface area contributed by atoms with Crippen molar-refractivity contribution in [1.82, 2.24) is 0 Å². The Labute approximate surface area is 580 Å². The molecule has 95 heavy (non-hydrogen) atoms. The van der Waals surface area contributed by atoms with E-state index in [2.05, 4.69) is 65.8 Å². The number of hydrogen-bond acceptors (Lipinski definition) is 15. The van der Waals surface area contributed by atoms with Crippen molar-refractivity contribution in [1.29, 1.82) is 0 Å². The SMILES string of the molecule is CCCCCC/C=C\C=C/CCCCCCCC(=O)O[C@H](COC(=O)CCCCCCCCCCCCC(C)CC)COP(=O)(O)OC[C@@H](O)COP(=O)(O)OC[C@@H](COC(=O)CCCCCCCCCCCC(C)C)OC(=O)CCCCCCCCCCCCCCCC. The van der Waals surface area contributed by atoms with Crippen LogP contribution in [-0.2, 0) is 65.4 Å². The maximum Gasteiger partial charge on any atom is 0.472 e. The van der Waals surface area contributed by atoms with Crippen LogP contribution in [0.5, 0.6) is 0 Å². The molecule has 17 nitrogen and oxygen atoms in total. The highest BCUT2D eigenvalue weighted by Gasteiger charge is 2.30. The Bertz CT molecular complexity index is 1930. The van der Waals surface area contributed by atoms with Crippen LogP contribution in [0.3, 0.4) is 0 Å². The van der Waals surface area contributed by atoms with Gasteiger partial charge in [0.15, 0.2) is 12.2 Å². The normalized spacial score (nSPS) is 14.5. The standard InChI is InChI=1S/C76H144O17P2/c1-7-10-12-14-16-18-20-22-24-26-28-36-43-49-55-61-76(81)92-71(64-86-73(78)58-52-46-40-34-30-29-33-39-45-51-57-69(6)9-3)66-90-94(82,83)88-62-70(77)63-89-95(84,85)91-67-72(65-87-74(79)59-53-47-41-37-31-32-38-44-50-56-68(4)5)93-75(80)60-54-48-42-35-27-25-23-21-19-17-15-13-11-8-2/h18,20,22,24,68-72,77H,7-17,19,21,23,25-67H2,1-6H3,(H,82,83)(H,84,85)/b20-18-,24-22-/t69?,70-,71-,72-/m1/s1. The second-order valence-electron chi connectivity index (χ2n) is 27.4. The van der Waals surface area contributed by atoms with Crippen molar-refractivity contribution in [3.8, 4) is 0 Å². The zero-order chi connectivity index (χ0) is 70.0. The minimum atomic E-state index is -4.97. The first-order valence-corrected chi connectivity index (χ1v) is 41.8. The maximum atomic E-state index is 13.1. The van der Waals surface area contributed by atoms with E-state index in [-0.39, 0.29) is 25.7 Å². The lowest BCUT2D eigenvalue weighted by Crippen LogP contribution is -2.30. The van der Waals surface area contributed by atoms with Gasteiger partial charge in [-0.05, 0) is 63.2 Å². The zero-order valence-corrected chi connectivity index (χ0v) is 63.2. The number of phosphoric ester groups is 2. The summed E-state index contributed by atoms with van der Waals surface area (Å²) in [6.07, 6.45) is 57.5. The highest BCUT2D eigenvalue weighted by atomic mass is 31.2. The van der Waals surface area contributed by atoms with E-state index < -0.39 is 97.5 Å². The first-order valence-electron chi connectivity index (χ1n) is 38.8. The quantitative estimate of drug-likeness (QED) is 0.0169. The third-order valence-corrected chi connectivity index (χ3v) is 19.3. The van der Waals surface area contributed by atoms with E-state index >= 15 is 0 Å². The molecule has 0 aromatic rings. The molecule has 0 amide bonds. The van der Waals surface area contributed by atoms with Crippen molar-refractivity contribution in [3.63, 3.8) is 0 Å².